The summed E-state index contributed by atoms with van der Waals surface area (Å²) in [6.07, 6.45) is 2.96. The van der Waals surface area contributed by atoms with E-state index in [0.29, 0.717) is 24.2 Å². The Labute approximate surface area is 136 Å². The topological polar surface area (TPSA) is 62.3 Å². The number of benzene rings is 1. The Hall–Kier alpha value is -2.69. The van der Waals surface area contributed by atoms with Crippen molar-refractivity contribution in [3.8, 4) is 0 Å². The van der Waals surface area contributed by atoms with E-state index in [1.165, 1.54) is 12.4 Å². The maximum Gasteiger partial charge on any atom is 0.257 e. The molecule has 0 spiro atoms. The van der Waals surface area contributed by atoms with E-state index in [1.807, 2.05) is 45.0 Å². The highest BCUT2D eigenvalue weighted by atomic mass is 16.2. The lowest BCUT2D eigenvalue weighted by Gasteiger charge is -2.18. The molecule has 0 bridgehead atoms. The average molecular weight is 311 g/mol. The molecule has 1 aromatic carbocycles. The predicted molar refractivity (Wildman–Crippen MR) is 90.6 cm³/mol. The van der Waals surface area contributed by atoms with Crippen LogP contribution >= 0.6 is 0 Å². The number of hydrogen-bond acceptors (Lipinski definition) is 3. The number of para-hydroxylation sites is 1. The van der Waals surface area contributed by atoms with Gasteiger partial charge in [0.15, 0.2) is 0 Å². The van der Waals surface area contributed by atoms with Gasteiger partial charge in [-0.05, 0) is 38.5 Å². The number of aromatic nitrogens is 1. The molecule has 0 aliphatic carbocycles. The van der Waals surface area contributed by atoms with Crippen molar-refractivity contribution in [2.24, 2.45) is 0 Å². The lowest BCUT2D eigenvalue weighted by atomic mass is 10.1. The largest absolute Gasteiger partial charge is 0.339 e. The van der Waals surface area contributed by atoms with Gasteiger partial charge in [0, 0.05) is 31.2 Å². The molecule has 0 aliphatic heterocycles. The van der Waals surface area contributed by atoms with Gasteiger partial charge in [-0.3, -0.25) is 14.6 Å². The van der Waals surface area contributed by atoms with E-state index in [4.69, 9.17) is 0 Å². The van der Waals surface area contributed by atoms with Crippen LogP contribution in [-0.4, -0.2) is 34.8 Å². The van der Waals surface area contributed by atoms with Crippen LogP contribution in [0.2, 0.25) is 0 Å². The minimum Gasteiger partial charge on any atom is -0.339 e. The zero-order chi connectivity index (χ0) is 16.8. The van der Waals surface area contributed by atoms with Gasteiger partial charge in [0.25, 0.3) is 11.8 Å². The fraction of sp³-hybridized carbons (Fsp3) is 0.278. The molecule has 1 N–H and O–H groups in total. The summed E-state index contributed by atoms with van der Waals surface area (Å²) in [4.78, 5) is 30.5. The van der Waals surface area contributed by atoms with Crippen LogP contribution in [0.25, 0.3) is 0 Å². The maximum absolute atomic E-state index is 12.4. The number of nitrogens with one attached hydrogen (secondary N) is 1. The molecule has 2 amide bonds. The number of pyridine rings is 1. The molecule has 0 atom stereocenters. The molecular formula is C18H21N3O2. The van der Waals surface area contributed by atoms with Crippen LogP contribution in [-0.2, 0) is 0 Å². The third-order valence-corrected chi connectivity index (χ3v) is 3.69. The third-order valence-electron chi connectivity index (χ3n) is 3.69. The summed E-state index contributed by atoms with van der Waals surface area (Å²) in [5, 5.41) is 2.85. The second-order valence-electron chi connectivity index (χ2n) is 5.21. The van der Waals surface area contributed by atoms with E-state index in [9.17, 15) is 9.59 Å². The van der Waals surface area contributed by atoms with Crippen molar-refractivity contribution < 1.29 is 9.59 Å². The summed E-state index contributed by atoms with van der Waals surface area (Å²) in [7, 11) is 0. The highest BCUT2D eigenvalue weighted by Crippen LogP contribution is 2.15. The standard InChI is InChI=1S/C18H21N3O2/c1-4-21(5-2)18(23)15-10-14(11-19-12-15)17(22)20-16-9-7-6-8-13(16)3/h6-12H,4-5H2,1-3H3,(H,20,22). The Kier molecular flexibility index (Phi) is 5.46. The van der Waals surface area contributed by atoms with Crippen molar-refractivity contribution in [3.63, 3.8) is 0 Å². The molecular weight excluding hydrogens is 290 g/mol. The number of carbonyl (C=O) groups excluding carboxylic acids is 2. The van der Waals surface area contributed by atoms with Crippen LogP contribution in [0.1, 0.15) is 40.1 Å². The van der Waals surface area contributed by atoms with E-state index >= 15 is 0 Å². The Morgan fingerprint density at radius 1 is 1.09 bits per heavy atom. The lowest BCUT2D eigenvalue weighted by molar-refractivity contribution is 0.0772. The van der Waals surface area contributed by atoms with Crippen LogP contribution in [0, 0.1) is 6.92 Å². The molecule has 2 rings (SSSR count). The minimum atomic E-state index is -0.277. The maximum atomic E-state index is 12.4. The van der Waals surface area contributed by atoms with Gasteiger partial charge < -0.3 is 10.2 Å². The van der Waals surface area contributed by atoms with E-state index in [2.05, 4.69) is 10.3 Å². The summed E-state index contributed by atoms with van der Waals surface area (Å²) in [6, 6.07) is 9.12. The Morgan fingerprint density at radius 3 is 2.39 bits per heavy atom. The summed E-state index contributed by atoms with van der Waals surface area (Å²) < 4.78 is 0. The van der Waals surface area contributed by atoms with Crippen LogP contribution < -0.4 is 5.32 Å². The van der Waals surface area contributed by atoms with E-state index < -0.39 is 0 Å². The fourth-order valence-corrected chi connectivity index (χ4v) is 2.28. The van der Waals surface area contributed by atoms with E-state index in [1.54, 1.807) is 11.0 Å². The quantitative estimate of drug-likeness (QED) is 0.923. The first kappa shape index (κ1) is 16.7. The number of carbonyl (C=O) groups is 2. The summed E-state index contributed by atoms with van der Waals surface area (Å²) >= 11 is 0. The number of rotatable bonds is 5. The Morgan fingerprint density at radius 2 is 1.74 bits per heavy atom. The molecule has 0 unspecified atom stereocenters. The highest BCUT2D eigenvalue weighted by Gasteiger charge is 2.15. The second-order valence-corrected chi connectivity index (χ2v) is 5.21. The molecule has 5 heteroatoms. The van der Waals surface area contributed by atoms with Gasteiger partial charge in [0.05, 0.1) is 11.1 Å². The normalized spacial score (nSPS) is 10.2. The summed E-state index contributed by atoms with van der Waals surface area (Å²) in [5.41, 5.74) is 2.51. The van der Waals surface area contributed by atoms with Gasteiger partial charge >= 0.3 is 0 Å². The van der Waals surface area contributed by atoms with Gasteiger partial charge in [-0.2, -0.15) is 0 Å². The predicted octanol–water partition coefficient (Wildman–Crippen LogP) is 3.12. The van der Waals surface area contributed by atoms with Crippen molar-refractivity contribution in [3.05, 3.63) is 59.4 Å². The van der Waals surface area contributed by atoms with Crippen molar-refractivity contribution in [2.75, 3.05) is 18.4 Å². The molecule has 0 saturated heterocycles. The highest BCUT2D eigenvalue weighted by molar-refractivity contribution is 6.06. The van der Waals surface area contributed by atoms with Gasteiger partial charge in [-0.15, -0.1) is 0 Å². The Bertz CT molecular complexity index is 709. The van der Waals surface area contributed by atoms with E-state index in [-0.39, 0.29) is 11.8 Å². The van der Waals surface area contributed by atoms with E-state index in [0.717, 1.165) is 11.3 Å². The molecule has 5 nitrogen and oxygen atoms in total. The molecule has 0 aliphatic rings. The smallest absolute Gasteiger partial charge is 0.257 e. The number of aryl methyl sites for hydroxylation is 1. The zero-order valence-corrected chi connectivity index (χ0v) is 13.7. The molecule has 0 radical (unpaired) electrons. The minimum absolute atomic E-state index is 0.118. The lowest BCUT2D eigenvalue weighted by Crippen LogP contribution is -2.30. The molecule has 0 saturated carbocycles. The molecule has 2 aromatic rings. The Balaban J connectivity index is 2.21. The van der Waals surface area contributed by atoms with Crippen LogP contribution in [0.4, 0.5) is 5.69 Å². The third kappa shape index (κ3) is 3.94. The monoisotopic (exact) mass is 311 g/mol. The number of amides is 2. The fourth-order valence-electron chi connectivity index (χ4n) is 2.28. The average Bonchev–Trinajstić information content (AvgIpc) is 2.58. The van der Waals surface area contributed by atoms with Gasteiger partial charge in [-0.25, -0.2) is 0 Å². The first-order chi connectivity index (χ1) is 11.1. The van der Waals surface area contributed by atoms with Crippen molar-refractivity contribution in [1.82, 2.24) is 9.88 Å². The SMILES string of the molecule is CCN(CC)C(=O)c1cncc(C(=O)Nc2ccccc2C)c1. The van der Waals surface area contributed by atoms with Gasteiger partial charge in [0.1, 0.15) is 0 Å². The molecule has 1 heterocycles. The summed E-state index contributed by atoms with van der Waals surface area (Å²) in [5.74, 6) is -0.394. The molecule has 120 valence electrons. The first-order valence-corrected chi connectivity index (χ1v) is 7.68. The zero-order valence-electron chi connectivity index (χ0n) is 13.7. The van der Waals surface area contributed by atoms with Crippen LogP contribution in [0.15, 0.2) is 42.7 Å². The first-order valence-electron chi connectivity index (χ1n) is 7.68. The van der Waals surface area contributed by atoms with Gasteiger partial charge in [-0.1, -0.05) is 18.2 Å². The van der Waals surface area contributed by atoms with Crippen molar-refractivity contribution >= 4 is 17.5 Å². The summed E-state index contributed by atoms with van der Waals surface area (Å²) in [6.45, 7) is 7.01. The number of hydrogen-bond donors (Lipinski definition) is 1. The second kappa shape index (κ2) is 7.54. The van der Waals surface area contributed by atoms with Gasteiger partial charge in [0.2, 0.25) is 0 Å². The molecule has 1 aromatic heterocycles. The van der Waals surface area contributed by atoms with Crippen LogP contribution in [0.3, 0.4) is 0 Å². The number of anilines is 1. The van der Waals surface area contributed by atoms with Crippen LogP contribution in [0.5, 0.6) is 0 Å². The number of nitrogens with zero attached hydrogens (tertiary/aromatic N) is 2. The van der Waals surface area contributed by atoms with Crippen molar-refractivity contribution in [2.45, 2.75) is 20.8 Å². The molecule has 0 fully saturated rings. The molecule has 23 heavy (non-hydrogen) atoms. The van der Waals surface area contributed by atoms with Crippen molar-refractivity contribution in [1.29, 1.82) is 0 Å².